The third kappa shape index (κ3) is 5.35. The Morgan fingerprint density at radius 1 is 1.13 bits per heavy atom. The molecular formula is C23H37N3O4S. The number of aliphatic hydroxyl groups is 1. The molecule has 0 spiro atoms. The Morgan fingerprint density at radius 3 is 2.61 bits per heavy atom. The number of fused-ring (bicyclic) bond motifs is 1. The maximum atomic E-state index is 12.3. The highest BCUT2D eigenvalue weighted by Crippen LogP contribution is 2.34. The second-order valence-electron chi connectivity index (χ2n) is 9.63. The Labute approximate surface area is 187 Å². The van der Waals surface area contributed by atoms with Crippen LogP contribution in [0.15, 0.2) is 24.3 Å². The van der Waals surface area contributed by atoms with Gasteiger partial charge in [0.15, 0.2) is 0 Å². The van der Waals surface area contributed by atoms with Crippen LogP contribution in [0.1, 0.15) is 38.5 Å². The molecule has 1 aromatic carbocycles. The quantitative estimate of drug-likeness (QED) is 0.740. The van der Waals surface area contributed by atoms with Gasteiger partial charge in [0.25, 0.3) is 0 Å². The Hall–Kier alpha value is -1.35. The third-order valence-corrected chi connectivity index (χ3v) is 8.71. The van der Waals surface area contributed by atoms with Crippen molar-refractivity contribution in [2.75, 3.05) is 57.5 Å². The van der Waals surface area contributed by atoms with Crippen molar-refractivity contribution in [1.29, 1.82) is 0 Å². The lowest BCUT2D eigenvalue weighted by Crippen LogP contribution is -2.56. The van der Waals surface area contributed by atoms with E-state index in [4.69, 9.17) is 4.74 Å². The van der Waals surface area contributed by atoms with Crippen molar-refractivity contribution in [1.82, 2.24) is 9.21 Å². The fraction of sp³-hybridized carbons (Fsp3) is 0.739. The van der Waals surface area contributed by atoms with Crippen molar-refractivity contribution in [2.45, 2.75) is 50.2 Å². The summed E-state index contributed by atoms with van der Waals surface area (Å²) in [5.41, 5.74) is 0.463. The number of sulfonamides is 1. The van der Waals surface area contributed by atoms with E-state index in [2.05, 4.69) is 21.9 Å². The van der Waals surface area contributed by atoms with Gasteiger partial charge in [0.2, 0.25) is 10.0 Å². The summed E-state index contributed by atoms with van der Waals surface area (Å²) in [6.07, 6.45) is 6.80. The monoisotopic (exact) mass is 451 g/mol. The van der Waals surface area contributed by atoms with Crippen LogP contribution in [0, 0.1) is 5.92 Å². The van der Waals surface area contributed by atoms with Gasteiger partial charge in [0.05, 0.1) is 19.0 Å². The highest BCUT2D eigenvalue weighted by Gasteiger charge is 2.41. The zero-order valence-electron chi connectivity index (χ0n) is 18.9. The van der Waals surface area contributed by atoms with Crippen molar-refractivity contribution in [2.24, 2.45) is 5.92 Å². The molecule has 4 rings (SSSR count). The summed E-state index contributed by atoms with van der Waals surface area (Å²) >= 11 is 0. The Kier molecular flexibility index (Phi) is 6.82. The number of benzene rings is 1. The number of ether oxygens (including phenoxy) is 1. The topological polar surface area (TPSA) is 73.3 Å². The summed E-state index contributed by atoms with van der Waals surface area (Å²) in [4.78, 5) is 4.70. The Morgan fingerprint density at radius 2 is 1.90 bits per heavy atom. The van der Waals surface area contributed by atoms with Gasteiger partial charge in [-0.1, -0.05) is 12.5 Å². The largest absolute Gasteiger partial charge is 0.497 e. The van der Waals surface area contributed by atoms with Crippen molar-refractivity contribution in [3.63, 3.8) is 0 Å². The van der Waals surface area contributed by atoms with E-state index in [1.807, 2.05) is 12.1 Å². The first kappa shape index (κ1) is 22.8. The first-order valence-electron chi connectivity index (χ1n) is 11.6. The molecule has 3 aliphatic rings. The molecule has 0 amide bonds. The van der Waals surface area contributed by atoms with Crippen LogP contribution in [0.3, 0.4) is 0 Å². The minimum Gasteiger partial charge on any atom is -0.497 e. The average molecular weight is 452 g/mol. The van der Waals surface area contributed by atoms with Crippen LogP contribution < -0.4 is 9.64 Å². The number of likely N-dealkylation sites (tertiary alicyclic amines) is 1. The lowest BCUT2D eigenvalue weighted by Gasteiger charge is -2.46. The summed E-state index contributed by atoms with van der Waals surface area (Å²) < 4.78 is 31.7. The van der Waals surface area contributed by atoms with E-state index in [1.54, 1.807) is 11.4 Å². The lowest BCUT2D eigenvalue weighted by atomic mass is 9.86. The highest BCUT2D eigenvalue weighted by atomic mass is 32.2. The first-order chi connectivity index (χ1) is 14.8. The first-order valence-corrected chi connectivity index (χ1v) is 13.4. The highest BCUT2D eigenvalue weighted by molar-refractivity contribution is 7.88. The van der Waals surface area contributed by atoms with E-state index in [9.17, 15) is 13.5 Å². The van der Waals surface area contributed by atoms with Gasteiger partial charge in [-0.2, -0.15) is 4.31 Å². The molecule has 174 valence electrons. The molecule has 0 radical (unpaired) electrons. The predicted molar refractivity (Wildman–Crippen MR) is 123 cm³/mol. The van der Waals surface area contributed by atoms with Gasteiger partial charge < -0.3 is 19.6 Å². The zero-order valence-corrected chi connectivity index (χ0v) is 19.7. The molecule has 31 heavy (non-hydrogen) atoms. The fourth-order valence-electron chi connectivity index (χ4n) is 5.72. The Bertz CT molecular complexity index is 854. The minimum absolute atomic E-state index is 0.123. The molecule has 7 nitrogen and oxygen atoms in total. The fourth-order valence-corrected chi connectivity index (χ4v) is 6.95. The summed E-state index contributed by atoms with van der Waals surface area (Å²) in [7, 11) is -1.48. The smallest absolute Gasteiger partial charge is 0.211 e. The zero-order chi connectivity index (χ0) is 22.1. The van der Waals surface area contributed by atoms with Crippen LogP contribution in [0.25, 0.3) is 0 Å². The number of hydrogen-bond acceptors (Lipinski definition) is 6. The average Bonchev–Trinajstić information content (AvgIpc) is 2.96. The summed E-state index contributed by atoms with van der Waals surface area (Å²) in [5, 5.41) is 11.3. The van der Waals surface area contributed by atoms with Gasteiger partial charge in [0.1, 0.15) is 5.75 Å². The third-order valence-electron chi connectivity index (χ3n) is 7.41. The van der Waals surface area contributed by atoms with E-state index in [-0.39, 0.29) is 6.04 Å². The summed E-state index contributed by atoms with van der Waals surface area (Å²) in [6.45, 7) is 4.73. The van der Waals surface area contributed by atoms with Crippen LogP contribution in [0.5, 0.6) is 5.75 Å². The second-order valence-corrected chi connectivity index (χ2v) is 11.6. The summed E-state index contributed by atoms with van der Waals surface area (Å²) in [6, 6.07) is 8.22. The standard InChI is InChI=1S/C23H37N3O4S/c1-30-21-8-5-7-20(16-21)25-14-10-23(27,11-15-25)18-24-13-9-22-19(17-24)6-3-4-12-26(22)31(2,28)29/h5,7-8,16,19,22,27H,3-4,6,9-15,17-18H2,1-2H3/t19-,22+/m0/s1. The molecule has 8 heteroatoms. The van der Waals surface area contributed by atoms with E-state index in [0.29, 0.717) is 19.0 Å². The number of piperidine rings is 2. The number of nitrogens with zero attached hydrogens (tertiary/aromatic N) is 3. The van der Waals surface area contributed by atoms with Gasteiger partial charge in [-0.05, 0) is 56.7 Å². The number of rotatable bonds is 5. The predicted octanol–water partition coefficient (Wildman–Crippen LogP) is 2.16. The SMILES string of the molecule is COc1cccc(N2CCC(O)(CN3CC[C@@H]4[C@@H](CCCCN4S(C)(=O)=O)C3)CC2)c1. The number of methoxy groups -OCH3 is 1. The molecule has 1 aromatic rings. The van der Waals surface area contributed by atoms with Crippen molar-refractivity contribution < 1.29 is 18.3 Å². The van der Waals surface area contributed by atoms with Crippen molar-refractivity contribution in [3.8, 4) is 5.75 Å². The Balaban J connectivity index is 1.35. The van der Waals surface area contributed by atoms with Gasteiger partial charge in [-0.15, -0.1) is 0 Å². The molecule has 3 fully saturated rings. The molecule has 2 atom stereocenters. The second kappa shape index (κ2) is 9.25. The molecule has 3 aliphatic heterocycles. The maximum absolute atomic E-state index is 12.3. The minimum atomic E-state index is -3.16. The van der Waals surface area contributed by atoms with Crippen molar-refractivity contribution >= 4 is 15.7 Å². The summed E-state index contributed by atoms with van der Waals surface area (Å²) in [5.74, 6) is 1.22. The van der Waals surface area contributed by atoms with Gasteiger partial charge in [0, 0.05) is 50.5 Å². The van der Waals surface area contributed by atoms with Crippen LogP contribution in [0.4, 0.5) is 5.69 Å². The van der Waals surface area contributed by atoms with E-state index < -0.39 is 15.6 Å². The molecular weight excluding hydrogens is 414 g/mol. The van der Waals surface area contributed by atoms with Gasteiger partial charge >= 0.3 is 0 Å². The van der Waals surface area contributed by atoms with Gasteiger partial charge in [-0.25, -0.2) is 8.42 Å². The normalized spacial score (nSPS) is 28.0. The molecule has 3 heterocycles. The van der Waals surface area contributed by atoms with Crippen LogP contribution in [0.2, 0.25) is 0 Å². The number of hydrogen-bond donors (Lipinski definition) is 1. The molecule has 3 saturated heterocycles. The molecule has 0 unspecified atom stereocenters. The lowest BCUT2D eigenvalue weighted by molar-refractivity contribution is -0.0317. The number of anilines is 1. The molecule has 0 aliphatic carbocycles. The molecule has 1 N–H and O–H groups in total. The molecule has 0 saturated carbocycles. The molecule has 0 aromatic heterocycles. The molecule has 0 bridgehead atoms. The maximum Gasteiger partial charge on any atom is 0.211 e. The van der Waals surface area contributed by atoms with Crippen LogP contribution in [-0.2, 0) is 10.0 Å². The van der Waals surface area contributed by atoms with Crippen molar-refractivity contribution in [3.05, 3.63) is 24.3 Å². The van der Waals surface area contributed by atoms with E-state index >= 15 is 0 Å². The van der Waals surface area contributed by atoms with Crippen LogP contribution in [-0.4, -0.2) is 87.0 Å². The van der Waals surface area contributed by atoms with Crippen LogP contribution >= 0.6 is 0 Å². The number of β-amino-alcohol motifs (C(OH)–C–C–N with tert-alkyl or cyclic N) is 1. The van der Waals surface area contributed by atoms with E-state index in [1.165, 1.54) is 6.26 Å². The van der Waals surface area contributed by atoms with Gasteiger partial charge in [-0.3, -0.25) is 0 Å². The van der Waals surface area contributed by atoms with E-state index in [0.717, 1.165) is 76.1 Å².